The first kappa shape index (κ1) is 10.4. The largest absolute Gasteiger partial charge is 0.324 e. The minimum atomic E-state index is 0.112. The Hall–Kier alpha value is -1.12. The number of benzene rings is 1. The fourth-order valence-corrected chi connectivity index (χ4v) is 2.40. The molecule has 1 radical (unpaired) electrons. The Balaban J connectivity index is 2.42. The van der Waals surface area contributed by atoms with Crippen molar-refractivity contribution in [1.29, 1.82) is 0 Å². The number of rotatable bonds is 2. The number of hydrogen-bond donors (Lipinski definition) is 1. The second kappa shape index (κ2) is 4.17. The van der Waals surface area contributed by atoms with Crippen molar-refractivity contribution >= 4 is 11.3 Å². The molecule has 0 unspecified atom stereocenters. The van der Waals surface area contributed by atoms with Gasteiger partial charge in [0.15, 0.2) is 0 Å². The third-order valence-electron chi connectivity index (χ3n) is 2.40. The smallest absolute Gasteiger partial charge is 0.0361 e. The standard InChI is InChI=1S/C13H14NS/c1-9-5-3-4-6-12(9)11-7-13(10(2)14)15-8-11/h3-8,10H,1,14H2,2H3/t10-/m0/s1. The van der Waals surface area contributed by atoms with Crippen LogP contribution in [0.1, 0.15) is 23.4 Å². The minimum Gasteiger partial charge on any atom is -0.324 e. The van der Waals surface area contributed by atoms with Crippen LogP contribution >= 0.6 is 11.3 Å². The predicted octanol–water partition coefficient (Wildman–Crippen LogP) is 3.62. The van der Waals surface area contributed by atoms with Gasteiger partial charge in [-0.2, -0.15) is 0 Å². The predicted molar refractivity (Wildman–Crippen MR) is 66.8 cm³/mol. The Bertz CT molecular complexity index is 457. The van der Waals surface area contributed by atoms with E-state index < -0.39 is 0 Å². The van der Waals surface area contributed by atoms with E-state index in [0.717, 1.165) is 5.56 Å². The van der Waals surface area contributed by atoms with Gasteiger partial charge in [-0.3, -0.25) is 0 Å². The van der Waals surface area contributed by atoms with E-state index in [2.05, 4.69) is 24.4 Å². The van der Waals surface area contributed by atoms with Gasteiger partial charge in [-0.05, 0) is 42.0 Å². The van der Waals surface area contributed by atoms with E-state index >= 15 is 0 Å². The van der Waals surface area contributed by atoms with Gasteiger partial charge in [0.2, 0.25) is 0 Å². The molecular formula is C13H14NS. The monoisotopic (exact) mass is 216 g/mol. The molecule has 1 aromatic heterocycles. The average molecular weight is 216 g/mol. The lowest BCUT2D eigenvalue weighted by atomic mass is 10.0. The van der Waals surface area contributed by atoms with Gasteiger partial charge in [-0.15, -0.1) is 11.3 Å². The van der Waals surface area contributed by atoms with Crippen LogP contribution in [0.4, 0.5) is 0 Å². The molecule has 2 N–H and O–H groups in total. The van der Waals surface area contributed by atoms with Crippen molar-refractivity contribution in [3.8, 4) is 11.1 Å². The van der Waals surface area contributed by atoms with Crippen LogP contribution < -0.4 is 5.73 Å². The van der Waals surface area contributed by atoms with Crippen molar-refractivity contribution in [3.63, 3.8) is 0 Å². The Morgan fingerprint density at radius 1 is 1.33 bits per heavy atom. The lowest BCUT2D eigenvalue weighted by Crippen LogP contribution is -2.01. The van der Waals surface area contributed by atoms with Gasteiger partial charge in [0.05, 0.1) is 0 Å². The van der Waals surface area contributed by atoms with Crippen LogP contribution in [0.15, 0.2) is 35.7 Å². The molecule has 0 spiro atoms. The molecule has 0 bridgehead atoms. The maximum absolute atomic E-state index is 5.84. The zero-order valence-electron chi connectivity index (χ0n) is 8.73. The van der Waals surface area contributed by atoms with Crippen molar-refractivity contribution in [3.05, 3.63) is 53.1 Å². The quantitative estimate of drug-likeness (QED) is 0.815. The van der Waals surface area contributed by atoms with Crippen molar-refractivity contribution < 1.29 is 0 Å². The molecule has 0 aliphatic rings. The molecule has 0 aliphatic heterocycles. The first-order valence-corrected chi connectivity index (χ1v) is 5.82. The summed E-state index contributed by atoms with van der Waals surface area (Å²) >= 11 is 1.71. The third-order valence-corrected chi connectivity index (χ3v) is 3.53. The second-order valence-electron chi connectivity index (χ2n) is 3.68. The minimum absolute atomic E-state index is 0.112. The van der Waals surface area contributed by atoms with Crippen LogP contribution in [0.3, 0.4) is 0 Å². The molecule has 0 saturated carbocycles. The van der Waals surface area contributed by atoms with Gasteiger partial charge in [0, 0.05) is 10.9 Å². The first-order chi connectivity index (χ1) is 7.18. The molecular weight excluding hydrogens is 202 g/mol. The third kappa shape index (κ3) is 2.11. The summed E-state index contributed by atoms with van der Waals surface area (Å²) < 4.78 is 0. The lowest BCUT2D eigenvalue weighted by molar-refractivity contribution is 0.838. The van der Waals surface area contributed by atoms with Crippen molar-refractivity contribution in [2.45, 2.75) is 13.0 Å². The van der Waals surface area contributed by atoms with Crippen molar-refractivity contribution in [2.24, 2.45) is 5.73 Å². The van der Waals surface area contributed by atoms with Gasteiger partial charge in [-0.1, -0.05) is 24.3 Å². The van der Waals surface area contributed by atoms with E-state index in [1.54, 1.807) is 11.3 Å². The molecule has 2 rings (SSSR count). The summed E-state index contributed by atoms with van der Waals surface area (Å²) in [4.78, 5) is 1.22. The molecule has 77 valence electrons. The molecule has 1 nitrogen and oxygen atoms in total. The highest BCUT2D eigenvalue weighted by Crippen LogP contribution is 2.30. The highest BCUT2D eigenvalue weighted by atomic mass is 32.1. The lowest BCUT2D eigenvalue weighted by Gasteiger charge is -2.02. The van der Waals surface area contributed by atoms with Crippen LogP contribution in [0.25, 0.3) is 11.1 Å². The highest BCUT2D eigenvalue weighted by Gasteiger charge is 2.06. The summed E-state index contributed by atoms with van der Waals surface area (Å²) in [5.74, 6) is 0. The van der Waals surface area contributed by atoms with E-state index in [9.17, 15) is 0 Å². The molecule has 2 aromatic rings. The molecule has 0 saturated heterocycles. The fourth-order valence-electron chi connectivity index (χ4n) is 1.53. The van der Waals surface area contributed by atoms with Crippen molar-refractivity contribution in [2.75, 3.05) is 0 Å². The van der Waals surface area contributed by atoms with Crippen LogP contribution in [0.2, 0.25) is 0 Å². The molecule has 0 fully saturated rings. The zero-order chi connectivity index (χ0) is 10.8. The Labute approximate surface area is 94.6 Å². The normalized spacial score (nSPS) is 12.7. The van der Waals surface area contributed by atoms with E-state index in [4.69, 9.17) is 5.73 Å². The summed E-state index contributed by atoms with van der Waals surface area (Å²) in [5.41, 5.74) is 9.31. The van der Waals surface area contributed by atoms with Crippen LogP contribution in [0, 0.1) is 6.92 Å². The Morgan fingerprint density at radius 3 is 2.67 bits per heavy atom. The van der Waals surface area contributed by atoms with E-state index in [0.29, 0.717) is 0 Å². The van der Waals surface area contributed by atoms with Crippen LogP contribution in [-0.2, 0) is 0 Å². The molecule has 15 heavy (non-hydrogen) atoms. The van der Waals surface area contributed by atoms with Gasteiger partial charge in [0.25, 0.3) is 0 Å². The molecule has 1 heterocycles. The molecule has 0 aliphatic carbocycles. The summed E-state index contributed by atoms with van der Waals surface area (Å²) in [7, 11) is 0. The molecule has 2 heteroatoms. The number of thiophene rings is 1. The topological polar surface area (TPSA) is 26.0 Å². The van der Waals surface area contributed by atoms with E-state index in [1.165, 1.54) is 16.0 Å². The Kier molecular flexibility index (Phi) is 2.89. The van der Waals surface area contributed by atoms with Gasteiger partial charge in [-0.25, -0.2) is 0 Å². The van der Waals surface area contributed by atoms with Crippen LogP contribution in [-0.4, -0.2) is 0 Å². The van der Waals surface area contributed by atoms with Crippen molar-refractivity contribution in [1.82, 2.24) is 0 Å². The SMILES string of the molecule is [CH2]c1ccccc1-c1csc([C@H](C)N)c1. The summed E-state index contributed by atoms with van der Waals surface area (Å²) in [6.45, 7) is 6.03. The zero-order valence-corrected chi connectivity index (χ0v) is 9.55. The summed E-state index contributed by atoms with van der Waals surface area (Å²) in [6, 6.07) is 10.4. The van der Waals surface area contributed by atoms with Gasteiger partial charge >= 0.3 is 0 Å². The molecule has 1 atom stereocenters. The highest BCUT2D eigenvalue weighted by molar-refractivity contribution is 7.10. The summed E-state index contributed by atoms with van der Waals surface area (Å²) in [6.07, 6.45) is 0. The molecule has 1 aromatic carbocycles. The molecule has 0 amide bonds. The van der Waals surface area contributed by atoms with E-state index in [1.807, 2.05) is 25.1 Å². The second-order valence-corrected chi connectivity index (χ2v) is 4.63. The fraction of sp³-hybridized carbons (Fsp3) is 0.154. The maximum atomic E-state index is 5.84. The first-order valence-electron chi connectivity index (χ1n) is 4.94. The summed E-state index contributed by atoms with van der Waals surface area (Å²) in [5, 5.41) is 2.14. The number of hydrogen-bond acceptors (Lipinski definition) is 2. The van der Waals surface area contributed by atoms with Gasteiger partial charge < -0.3 is 5.73 Å². The number of nitrogens with two attached hydrogens (primary N) is 1. The van der Waals surface area contributed by atoms with Crippen LogP contribution in [0.5, 0.6) is 0 Å². The Morgan fingerprint density at radius 2 is 2.07 bits per heavy atom. The average Bonchev–Trinajstić information content (AvgIpc) is 2.67. The van der Waals surface area contributed by atoms with Gasteiger partial charge in [0.1, 0.15) is 0 Å². The maximum Gasteiger partial charge on any atom is 0.0361 e. The van der Waals surface area contributed by atoms with E-state index in [-0.39, 0.29) is 6.04 Å².